The monoisotopic (exact) mass is 689 g/mol. The summed E-state index contributed by atoms with van der Waals surface area (Å²) in [5.41, 5.74) is 4.11. The van der Waals surface area contributed by atoms with Crippen LogP contribution in [0.25, 0.3) is 0 Å². The van der Waals surface area contributed by atoms with Crippen LogP contribution < -0.4 is 74.9 Å². The molecule has 20 heteroatoms. The number of nitrogens with one attached hydrogen (secondary N) is 2. The number of sulfonamides is 1. The number of benzene rings is 3. The van der Waals surface area contributed by atoms with Crippen LogP contribution in [-0.2, 0) is 34.7 Å². The molecule has 0 spiro atoms. The first kappa shape index (κ1) is 37.8. The summed E-state index contributed by atoms with van der Waals surface area (Å²) in [6.45, 7) is 0.0363. The number of aryl methyl sites for hydroxylation is 1. The Bertz CT molecular complexity index is 1970. The van der Waals surface area contributed by atoms with E-state index in [-0.39, 0.29) is 103 Å². The second kappa shape index (κ2) is 13.9. The second-order valence-electron chi connectivity index (χ2n) is 8.59. The third-order valence-electron chi connectivity index (χ3n) is 5.91. The molecule has 14 nitrogen and oxygen atoms in total. The Morgan fingerprint density at radius 2 is 1.42 bits per heavy atom. The third kappa shape index (κ3) is 8.06. The van der Waals surface area contributed by atoms with E-state index in [4.69, 9.17) is 17.3 Å². The summed E-state index contributed by atoms with van der Waals surface area (Å²) in [6, 6.07) is 8.76. The van der Waals surface area contributed by atoms with Crippen LogP contribution in [0.2, 0.25) is 5.02 Å². The molecule has 0 amide bonds. The predicted octanol–water partition coefficient (Wildman–Crippen LogP) is -4.58. The van der Waals surface area contributed by atoms with Gasteiger partial charge in [-0.25, -0.2) is 30.0 Å². The number of hydrogen-bond donors (Lipinski definition) is 3. The van der Waals surface area contributed by atoms with Crippen LogP contribution in [0, 0.1) is 6.92 Å². The van der Waals surface area contributed by atoms with Crippen molar-refractivity contribution in [1.82, 2.24) is 4.72 Å². The molecule has 0 saturated heterocycles. The van der Waals surface area contributed by atoms with E-state index in [2.05, 4.69) is 9.50 Å². The van der Waals surface area contributed by atoms with Gasteiger partial charge < -0.3 is 20.2 Å². The van der Waals surface area contributed by atoms with Crippen LogP contribution in [0.15, 0.2) is 52.3 Å². The standard InChI is InChI=1S/C23H20ClN3O11S3.2Na/c1-11-8-15(14(24)9-17(11)39(30,31)26-6-7-38-41(35,36)37)27-16-10-18(40(32,33)34)21(25)20-19(16)22(28)12-4-2-3-5-13(12)23(20)29;;/h2-5,8-10,26-27H,6-7,25H2,1H3,(H,32,33,34)(H,35,36,37);;/q;2*+1/p-2. The summed E-state index contributed by atoms with van der Waals surface area (Å²) >= 11 is 6.31. The number of halogens is 1. The number of hydrogen-bond acceptors (Lipinski definition) is 13. The maximum atomic E-state index is 13.4. The Morgan fingerprint density at radius 3 is 1.95 bits per heavy atom. The van der Waals surface area contributed by atoms with Gasteiger partial charge in [0.2, 0.25) is 20.4 Å². The Balaban J connectivity index is 0.00000323. The molecule has 4 N–H and O–H groups in total. The zero-order valence-corrected chi connectivity index (χ0v) is 29.8. The molecular weight excluding hydrogens is 672 g/mol. The van der Waals surface area contributed by atoms with Crippen LogP contribution >= 0.6 is 11.6 Å². The molecule has 0 heterocycles. The minimum Gasteiger partial charge on any atom is -0.744 e. The van der Waals surface area contributed by atoms with Gasteiger partial charge in [-0.2, -0.15) is 0 Å². The number of anilines is 3. The first-order chi connectivity index (χ1) is 18.9. The van der Waals surface area contributed by atoms with Gasteiger partial charge in [-0.15, -0.1) is 0 Å². The molecule has 0 unspecified atom stereocenters. The zero-order valence-electron chi connectivity index (χ0n) is 22.6. The van der Waals surface area contributed by atoms with Gasteiger partial charge in [-0.3, -0.25) is 13.8 Å². The smallest absolute Gasteiger partial charge is 0.744 e. The predicted molar refractivity (Wildman–Crippen MR) is 142 cm³/mol. The molecule has 0 bridgehead atoms. The van der Waals surface area contributed by atoms with Crippen LogP contribution in [0.3, 0.4) is 0 Å². The largest absolute Gasteiger partial charge is 1.00 e. The van der Waals surface area contributed by atoms with E-state index in [1.165, 1.54) is 37.3 Å². The third-order valence-corrected chi connectivity index (χ3v) is 9.16. The maximum absolute atomic E-state index is 13.4. The summed E-state index contributed by atoms with van der Waals surface area (Å²) in [4.78, 5) is 25.4. The van der Waals surface area contributed by atoms with Gasteiger partial charge in [-0.05, 0) is 30.7 Å². The molecular formula is C23H18ClN3Na2O11S3. The molecule has 1 aliphatic rings. The molecule has 4 rings (SSSR count). The summed E-state index contributed by atoms with van der Waals surface area (Å²) in [5, 5.41) is 2.46. The average Bonchev–Trinajstić information content (AvgIpc) is 2.86. The number of nitrogen functional groups attached to an aromatic ring is 1. The first-order valence-electron chi connectivity index (χ1n) is 11.2. The number of fused-ring (bicyclic) bond motifs is 2. The quantitative estimate of drug-likeness (QED) is 0.0493. The van der Waals surface area contributed by atoms with Crippen LogP contribution in [0.1, 0.15) is 37.4 Å². The van der Waals surface area contributed by atoms with E-state index in [1.54, 1.807) is 0 Å². The van der Waals surface area contributed by atoms with Crippen molar-refractivity contribution >= 4 is 70.8 Å². The van der Waals surface area contributed by atoms with Gasteiger partial charge >= 0.3 is 59.1 Å². The Labute approximate surface area is 296 Å². The zero-order chi connectivity index (χ0) is 30.5. The number of rotatable bonds is 9. The van der Waals surface area contributed by atoms with Gasteiger partial charge in [0.05, 0.1) is 49.6 Å². The molecule has 43 heavy (non-hydrogen) atoms. The van der Waals surface area contributed by atoms with Crippen molar-refractivity contribution in [2.24, 2.45) is 0 Å². The topological polar surface area (TPSA) is 242 Å². The molecule has 0 atom stereocenters. The normalized spacial score (nSPS) is 12.9. The van der Waals surface area contributed by atoms with Crippen molar-refractivity contribution in [3.63, 3.8) is 0 Å². The number of carbonyl (C=O) groups is 2. The molecule has 0 fully saturated rings. The van der Waals surface area contributed by atoms with Crippen molar-refractivity contribution in [2.75, 3.05) is 24.2 Å². The molecule has 0 aliphatic heterocycles. The minimum absolute atomic E-state index is 0. The van der Waals surface area contributed by atoms with Gasteiger partial charge in [-0.1, -0.05) is 35.9 Å². The van der Waals surface area contributed by atoms with Crippen molar-refractivity contribution in [1.29, 1.82) is 0 Å². The molecule has 0 aromatic heterocycles. The van der Waals surface area contributed by atoms with E-state index >= 15 is 0 Å². The fourth-order valence-corrected chi connectivity index (χ4v) is 6.65. The molecule has 1 aliphatic carbocycles. The average molecular weight is 690 g/mol. The van der Waals surface area contributed by atoms with E-state index in [0.717, 1.165) is 12.1 Å². The maximum Gasteiger partial charge on any atom is 1.00 e. The van der Waals surface area contributed by atoms with Crippen molar-refractivity contribution < 1.29 is 107 Å². The molecule has 218 valence electrons. The van der Waals surface area contributed by atoms with Gasteiger partial charge in [0.15, 0.2) is 11.6 Å². The Morgan fingerprint density at radius 1 is 0.860 bits per heavy atom. The van der Waals surface area contributed by atoms with Crippen LogP contribution in [0.5, 0.6) is 0 Å². The van der Waals surface area contributed by atoms with Gasteiger partial charge in [0.25, 0.3) is 0 Å². The summed E-state index contributed by atoms with van der Waals surface area (Å²) in [5.74, 6) is -1.48. The molecule has 3 aromatic rings. The molecule has 3 aromatic carbocycles. The van der Waals surface area contributed by atoms with E-state index in [1.807, 2.05) is 4.72 Å². The molecule has 0 saturated carbocycles. The summed E-state index contributed by atoms with van der Waals surface area (Å²) in [7, 11) is -14.5. The number of ketones is 2. The fraction of sp³-hybridized carbons (Fsp3) is 0.130. The van der Waals surface area contributed by atoms with E-state index in [9.17, 15) is 43.9 Å². The number of carbonyl (C=O) groups excluding carboxylic acids is 2. The second-order valence-corrected chi connectivity index (χ2v) is 13.1. The minimum atomic E-state index is -5.23. The van der Waals surface area contributed by atoms with Crippen molar-refractivity contribution in [3.8, 4) is 0 Å². The van der Waals surface area contributed by atoms with Crippen LogP contribution in [-0.4, -0.2) is 59.1 Å². The summed E-state index contributed by atoms with van der Waals surface area (Å²) in [6.07, 6.45) is 0. The van der Waals surface area contributed by atoms with E-state index < -0.39 is 71.4 Å². The Hall–Kier alpha value is -1.42. The van der Waals surface area contributed by atoms with Crippen molar-refractivity contribution in [3.05, 3.63) is 75.3 Å². The van der Waals surface area contributed by atoms with Crippen molar-refractivity contribution in [2.45, 2.75) is 16.7 Å². The fourth-order valence-electron chi connectivity index (χ4n) is 4.19. The molecule has 0 radical (unpaired) electrons. The number of nitrogens with two attached hydrogens (primary N) is 1. The summed E-state index contributed by atoms with van der Waals surface area (Å²) < 4.78 is 99.0. The first-order valence-corrected chi connectivity index (χ1v) is 15.8. The SMILES string of the molecule is Cc1cc(Nc2cc(S(=O)(=O)[O-])c(N)c3c2C(=O)c2ccccc2C3=O)c(Cl)cc1S(=O)(=O)NCCOS(=O)(=O)[O-].[Na+].[Na+]. The van der Waals surface area contributed by atoms with Gasteiger partial charge in [0, 0.05) is 17.7 Å². The van der Waals surface area contributed by atoms with Crippen LogP contribution in [0.4, 0.5) is 17.1 Å². The Kier molecular flexibility index (Phi) is 12.2. The van der Waals surface area contributed by atoms with Gasteiger partial charge in [0.1, 0.15) is 10.1 Å². The van der Waals surface area contributed by atoms with E-state index in [0.29, 0.717) is 0 Å².